The summed E-state index contributed by atoms with van der Waals surface area (Å²) in [6.07, 6.45) is 1.92. The van der Waals surface area contributed by atoms with Gasteiger partial charge in [-0.2, -0.15) is 0 Å². The van der Waals surface area contributed by atoms with Crippen LogP contribution in [0.4, 0.5) is 4.39 Å². The molecule has 1 fully saturated rings. The molecule has 2 aromatic rings. The van der Waals surface area contributed by atoms with Gasteiger partial charge in [0.15, 0.2) is 12.0 Å². The van der Waals surface area contributed by atoms with Crippen LogP contribution in [-0.2, 0) is 0 Å². The molecule has 2 aliphatic rings. The number of halogens is 1. The van der Waals surface area contributed by atoms with Gasteiger partial charge in [-0.15, -0.1) is 5.10 Å². The number of thioether (sulfide) groups is 1. The highest BCUT2D eigenvalue weighted by Crippen LogP contribution is 2.43. The number of fused-ring (bicyclic) bond motifs is 1. The molecule has 1 aromatic carbocycles. The van der Waals surface area contributed by atoms with Crippen molar-refractivity contribution in [3.8, 4) is 0 Å². The van der Waals surface area contributed by atoms with Crippen LogP contribution in [0.15, 0.2) is 35.5 Å². The number of alkyl halides is 1. The Morgan fingerprint density at radius 3 is 2.74 bits per heavy atom. The predicted molar refractivity (Wildman–Crippen MR) is 71.9 cm³/mol. The Kier molecular flexibility index (Phi) is 2.62. The largest absolute Gasteiger partial charge is 0.239 e. The summed E-state index contributed by atoms with van der Waals surface area (Å²) in [5.41, 5.74) is 1.11. The molecule has 0 spiro atoms. The quantitative estimate of drug-likeness (QED) is 0.858. The van der Waals surface area contributed by atoms with Gasteiger partial charge in [-0.1, -0.05) is 42.1 Å². The van der Waals surface area contributed by atoms with E-state index in [9.17, 15) is 4.39 Å². The number of hydrogen-bond donors (Lipinski definition) is 0. The van der Waals surface area contributed by atoms with Crippen LogP contribution in [-0.4, -0.2) is 20.0 Å². The molecule has 0 saturated heterocycles. The number of rotatable bonds is 3. The monoisotopic (exact) mass is 275 g/mol. The van der Waals surface area contributed by atoms with Gasteiger partial charge >= 0.3 is 0 Å². The standard InChI is InChI=1S/C14H14FN3S/c15-11-8-12(9-4-2-1-3-5-9)18-13(11)16-14(17-18)19-10-6-7-10/h1-5,10-12H,6-8H2. The first-order valence-electron chi connectivity index (χ1n) is 6.63. The summed E-state index contributed by atoms with van der Waals surface area (Å²) in [6.45, 7) is 0. The third-order valence-corrected chi connectivity index (χ3v) is 4.81. The summed E-state index contributed by atoms with van der Waals surface area (Å²) in [7, 11) is 0. The molecule has 1 aliphatic heterocycles. The maximum atomic E-state index is 14.1. The second-order valence-electron chi connectivity index (χ2n) is 5.14. The topological polar surface area (TPSA) is 30.7 Å². The minimum atomic E-state index is -0.994. The van der Waals surface area contributed by atoms with Crippen LogP contribution in [0.3, 0.4) is 0 Å². The first-order valence-corrected chi connectivity index (χ1v) is 7.51. The van der Waals surface area contributed by atoms with Crippen molar-refractivity contribution in [1.29, 1.82) is 0 Å². The third kappa shape index (κ3) is 2.06. The summed E-state index contributed by atoms with van der Waals surface area (Å²) < 4.78 is 15.9. The number of hydrogen-bond acceptors (Lipinski definition) is 3. The van der Waals surface area contributed by atoms with Crippen molar-refractivity contribution < 1.29 is 4.39 Å². The maximum absolute atomic E-state index is 14.1. The molecule has 0 amide bonds. The summed E-state index contributed by atoms with van der Waals surface area (Å²) in [5.74, 6) is 0.497. The molecule has 1 saturated carbocycles. The zero-order chi connectivity index (χ0) is 12.8. The molecule has 5 heteroatoms. The van der Waals surface area contributed by atoms with Gasteiger partial charge in [-0.3, -0.25) is 0 Å². The van der Waals surface area contributed by atoms with Gasteiger partial charge in [0.25, 0.3) is 0 Å². The molecule has 98 valence electrons. The fourth-order valence-electron chi connectivity index (χ4n) is 2.50. The van der Waals surface area contributed by atoms with Crippen LogP contribution in [0.2, 0.25) is 0 Å². The van der Waals surface area contributed by atoms with Crippen LogP contribution in [0.1, 0.15) is 42.9 Å². The lowest BCUT2D eigenvalue weighted by Crippen LogP contribution is -2.07. The third-order valence-electron chi connectivity index (χ3n) is 3.62. The predicted octanol–water partition coefficient (Wildman–Crippen LogP) is 3.54. The first kappa shape index (κ1) is 11.5. The highest BCUT2D eigenvalue weighted by molar-refractivity contribution is 8.00. The van der Waals surface area contributed by atoms with E-state index in [1.807, 2.05) is 30.3 Å². The van der Waals surface area contributed by atoms with E-state index < -0.39 is 6.17 Å². The van der Waals surface area contributed by atoms with Gasteiger partial charge in [0.05, 0.1) is 6.04 Å². The van der Waals surface area contributed by atoms with Gasteiger partial charge in [0.2, 0.25) is 5.16 Å². The van der Waals surface area contributed by atoms with E-state index in [0.29, 0.717) is 17.5 Å². The molecule has 3 nitrogen and oxygen atoms in total. The molecule has 1 aromatic heterocycles. The van der Waals surface area contributed by atoms with Crippen molar-refractivity contribution in [2.75, 3.05) is 0 Å². The molecule has 1 aliphatic carbocycles. The lowest BCUT2D eigenvalue weighted by Gasteiger charge is -2.11. The highest BCUT2D eigenvalue weighted by Gasteiger charge is 2.36. The zero-order valence-electron chi connectivity index (χ0n) is 10.4. The fourth-order valence-corrected chi connectivity index (χ4v) is 3.45. The van der Waals surface area contributed by atoms with Gasteiger partial charge in [-0.25, -0.2) is 14.1 Å². The average Bonchev–Trinajstić information content (AvgIpc) is 3.05. The van der Waals surface area contributed by atoms with E-state index in [0.717, 1.165) is 10.7 Å². The molecule has 2 heterocycles. The summed E-state index contributed by atoms with van der Waals surface area (Å²) in [6, 6.07) is 9.99. The second kappa shape index (κ2) is 4.34. The highest BCUT2D eigenvalue weighted by atomic mass is 32.2. The smallest absolute Gasteiger partial charge is 0.209 e. The Morgan fingerprint density at radius 1 is 1.21 bits per heavy atom. The van der Waals surface area contributed by atoms with Crippen molar-refractivity contribution >= 4 is 11.8 Å². The Bertz CT molecular complexity index is 594. The van der Waals surface area contributed by atoms with Gasteiger partial charge in [0, 0.05) is 11.7 Å². The first-order chi connectivity index (χ1) is 9.31. The molecule has 2 atom stereocenters. The van der Waals surface area contributed by atoms with Gasteiger partial charge < -0.3 is 0 Å². The molecule has 0 bridgehead atoms. The van der Waals surface area contributed by atoms with E-state index >= 15 is 0 Å². The molecule has 2 unspecified atom stereocenters. The molecular formula is C14H14FN3S. The number of aromatic nitrogens is 3. The number of benzene rings is 1. The second-order valence-corrected chi connectivity index (χ2v) is 6.41. The van der Waals surface area contributed by atoms with Gasteiger partial charge in [-0.05, 0) is 18.4 Å². The Balaban J connectivity index is 1.68. The van der Waals surface area contributed by atoms with Crippen molar-refractivity contribution in [1.82, 2.24) is 14.8 Å². The van der Waals surface area contributed by atoms with E-state index in [-0.39, 0.29) is 6.04 Å². The Morgan fingerprint density at radius 2 is 2.00 bits per heavy atom. The van der Waals surface area contributed by atoms with Crippen LogP contribution in [0, 0.1) is 0 Å². The fraction of sp³-hybridized carbons (Fsp3) is 0.429. The summed E-state index contributed by atoms with van der Waals surface area (Å²) in [5, 5.41) is 5.89. The number of nitrogens with zero attached hydrogens (tertiary/aromatic N) is 3. The van der Waals surface area contributed by atoms with Crippen molar-refractivity contribution in [3.05, 3.63) is 41.7 Å². The minimum absolute atomic E-state index is 0.00717. The molecule has 0 N–H and O–H groups in total. The average molecular weight is 275 g/mol. The van der Waals surface area contributed by atoms with E-state index in [4.69, 9.17) is 0 Å². The zero-order valence-corrected chi connectivity index (χ0v) is 11.2. The lowest BCUT2D eigenvalue weighted by atomic mass is 10.0. The van der Waals surface area contributed by atoms with E-state index in [1.165, 1.54) is 12.8 Å². The summed E-state index contributed by atoms with van der Waals surface area (Å²) in [4.78, 5) is 4.37. The molecule has 4 rings (SSSR count). The lowest BCUT2D eigenvalue weighted by molar-refractivity contribution is 0.327. The summed E-state index contributed by atoms with van der Waals surface area (Å²) >= 11 is 1.68. The molecule has 0 radical (unpaired) electrons. The molecular weight excluding hydrogens is 261 g/mol. The van der Waals surface area contributed by atoms with Crippen LogP contribution in [0.5, 0.6) is 0 Å². The Hall–Kier alpha value is -1.36. The maximum Gasteiger partial charge on any atom is 0.209 e. The van der Waals surface area contributed by atoms with E-state index in [1.54, 1.807) is 16.4 Å². The molecule has 19 heavy (non-hydrogen) atoms. The van der Waals surface area contributed by atoms with E-state index in [2.05, 4.69) is 10.1 Å². The van der Waals surface area contributed by atoms with Crippen LogP contribution >= 0.6 is 11.8 Å². The minimum Gasteiger partial charge on any atom is -0.239 e. The van der Waals surface area contributed by atoms with Crippen LogP contribution < -0.4 is 0 Å². The Labute approximate surface area is 115 Å². The van der Waals surface area contributed by atoms with Crippen molar-refractivity contribution in [2.45, 2.75) is 41.9 Å². The normalized spacial score (nSPS) is 25.5. The van der Waals surface area contributed by atoms with Crippen LogP contribution in [0.25, 0.3) is 0 Å². The van der Waals surface area contributed by atoms with Crippen molar-refractivity contribution in [2.24, 2.45) is 0 Å². The SMILES string of the molecule is FC1CC(c2ccccc2)n2nc(SC3CC3)nc21. The van der Waals surface area contributed by atoms with Crippen molar-refractivity contribution in [3.63, 3.8) is 0 Å². The van der Waals surface area contributed by atoms with Gasteiger partial charge in [0.1, 0.15) is 0 Å².